The standard InChI is InChI=1S/C14H16F3N3O/c1-8(2)5-11(19)13(21)20-12-4-3-9(7-18)6-10(12)14(15,16)17/h3-4,6,8,11H,5,19H2,1-2H3,(H,20,21). The zero-order valence-electron chi connectivity index (χ0n) is 11.7. The number of nitrogens with two attached hydrogens (primary N) is 1. The van der Waals surface area contributed by atoms with Gasteiger partial charge in [-0.1, -0.05) is 13.8 Å². The smallest absolute Gasteiger partial charge is 0.324 e. The van der Waals surface area contributed by atoms with E-state index in [4.69, 9.17) is 11.0 Å². The average Bonchev–Trinajstić information content (AvgIpc) is 2.37. The number of hydrogen-bond acceptors (Lipinski definition) is 3. The van der Waals surface area contributed by atoms with E-state index in [-0.39, 0.29) is 11.5 Å². The maximum absolute atomic E-state index is 12.9. The van der Waals surface area contributed by atoms with E-state index in [1.807, 2.05) is 13.8 Å². The third-order valence-electron chi connectivity index (χ3n) is 2.77. The van der Waals surface area contributed by atoms with Crippen LogP contribution in [0.25, 0.3) is 0 Å². The van der Waals surface area contributed by atoms with E-state index in [9.17, 15) is 18.0 Å². The van der Waals surface area contributed by atoms with Gasteiger partial charge in [0.25, 0.3) is 0 Å². The van der Waals surface area contributed by atoms with Crippen molar-refractivity contribution in [2.75, 3.05) is 5.32 Å². The van der Waals surface area contributed by atoms with Crippen LogP contribution in [0.1, 0.15) is 31.4 Å². The van der Waals surface area contributed by atoms with Gasteiger partial charge in [0, 0.05) is 0 Å². The Kier molecular flexibility index (Phi) is 5.33. The molecular weight excluding hydrogens is 283 g/mol. The molecule has 114 valence electrons. The van der Waals surface area contributed by atoms with E-state index in [0.29, 0.717) is 12.5 Å². The third-order valence-corrected chi connectivity index (χ3v) is 2.77. The molecule has 0 radical (unpaired) electrons. The van der Waals surface area contributed by atoms with Crippen LogP contribution in [0.3, 0.4) is 0 Å². The van der Waals surface area contributed by atoms with Gasteiger partial charge in [0.2, 0.25) is 5.91 Å². The number of nitrogens with zero attached hydrogens (tertiary/aromatic N) is 1. The van der Waals surface area contributed by atoms with Crippen LogP contribution in [0, 0.1) is 17.2 Å². The van der Waals surface area contributed by atoms with Crippen LogP contribution in [-0.4, -0.2) is 11.9 Å². The predicted octanol–water partition coefficient (Wildman–Crippen LogP) is 2.89. The molecule has 7 heteroatoms. The normalized spacial score (nSPS) is 12.9. The van der Waals surface area contributed by atoms with Gasteiger partial charge in [0.05, 0.1) is 28.9 Å². The Balaban J connectivity index is 3.03. The number of alkyl halides is 3. The molecule has 21 heavy (non-hydrogen) atoms. The second-order valence-corrected chi connectivity index (χ2v) is 5.10. The summed E-state index contributed by atoms with van der Waals surface area (Å²) in [4.78, 5) is 11.8. The molecule has 1 atom stereocenters. The number of hydrogen-bond donors (Lipinski definition) is 2. The summed E-state index contributed by atoms with van der Waals surface area (Å²) in [5, 5.41) is 10.8. The molecule has 1 unspecified atom stereocenters. The summed E-state index contributed by atoms with van der Waals surface area (Å²) in [6.45, 7) is 3.71. The van der Waals surface area contributed by atoms with Gasteiger partial charge in [0.15, 0.2) is 0 Å². The highest BCUT2D eigenvalue weighted by Gasteiger charge is 2.34. The van der Waals surface area contributed by atoms with Crippen LogP contribution in [0.2, 0.25) is 0 Å². The van der Waals surface area contributed by atoms with Gasteiger partial charge in [-0.05, 0) is 30.5 Å². The molecule has 0 aliphatic heterocycles. The number of carbonyl (C=O) groups excluding carboxylic acids is 1. The minimum atomic E-state index is -4.67. The highest BCUT2D eigenvalue weighted by molar-refractivity contribution is 5.95. The van der Waals surface area contributed by atoms with E-state index in [1.54, 1.807) is 6.07 Å². The SMILES string of the molecule is CC(C)CC(N)C(=O)Nc1ccc(C#N)cc1C(F)(F)F. The molecule has 1 rings (SSSR count). The van der Waals surface area contributed by atoms with Crippen molar-refractivity contribution < 1.29 is 18.0 Å². The lowest BCUT2D eigenvalue weighted by atomic mass is 10.0. The van der Waals surface area contributed by atoms with Gasteiger partial charge in [-0.3, -0.25) is 4.79 Å². The van der Waals surface area contributed by atoms with Gasteiger partial charge in [0.1, 0.15) is 0 Å². The zero-order chi connectivity index (χ0) is 16.2. The van der Waals surface area contributed by atoms with E-state index in [2.05, 4.69) is 5.32 Å². The predicted molar refractivity (Wildman–Crippen MR) is 72.2 cm³/mol. The first kappa shape index (κ1) is 17.0. The molecule has 1 aromatic rings. The quantitative estimate of drug-likeness (QED) is 0.897. The number of nitriles is 1. The summed E-state index contributed by atoms with van der Waals surface area (Å²) in [6.07, 6.45) is -4.30. The molecule has 0 fully saturated rings. The fraction of sp³-hybridized carbons (Fsp3) is 0.429. The Labute approximate surface area is 120 Å². The monoisotopic (exact) mass is 299 g/mol. The van der Waals surface area contributed by atoms with Crippen LogP contribution >= 0.6 is 0 Å². The van der Waals surface area contributed by atoms with Crippen LogP contribution in [0.4, 0.5) is 18.9 Å². The molecule has 1 aromatic carbocycles. The lowest BCUT2D eigenvalue weighted by molar-refractivity contribution is -0.137. The number of rotatable bonds is 4. The molecule has 0 saturated heterocycles. The van der Waals surface area contributed by atoms with Crippen molar-refractivity contribution >= 4 is 11.6 Å². The highest BCUT2D eigenvalue weighted by atomic mass is 19.4. The summed E-state index contributed by atoms with van der Waals surface area (Å²) >= 11 is 0. The highest BCUT2D eigenvalue weighted by Crippen LogP contribution is 2.35. The van der Waals surface area contributed by atoms with E-state index < -0.39 is 29.4 Å². The lowest BCUT2D eigenvalue weighted by Crippen LogP contribution is -2.37. The Morgan fingerprint density at radius 1 is 1.43 bits per heavy atom. The van der Waals surface area contributed by atoms with Crippen LogP contribution in [0.15, 0.2) is 18.2 Å². The molecule has 3 N–H and O–H groups in total. The van der Waals surface area contributed by atoms with E-state index in [0.717, 1.165) is 6.07 Å². The minimum absolute atomic E-state index is 0.133. The largest absolute Gasteiger partial charge is 0.418 e. The van der Waals surface area contributed by atoms with Crippen molar-refractivity contribution in [3.05, 3.63) is 29.3 Å². The molecule has 1 amide bonds. The van der Waals surface area contributed by atoms with Gasteiger partial charge in [-0.2, -0.15) is 18.4 Å². The van der Waals surface area contributed by atoms with Crippen molar-refractivity contribution in [3.63, 3.8) is 0 Å². The van der Waals surface area contributed by atoms with Crippen molar-refractivity contribution in [2.24, 2.45) is 11.7 Å². The molecule has 4 nitrogen and oxygen atoms in total. The number of anilines is 1. The molecule has 0 bridgehead atoms. The summed E-state index contributed by atoms with van der Waals surface area (Å²) in [6, 6.07) is 3.71. The Morgan fingerprint density at radius 2 is 2.05 bits per heavy atom. The van der Waals surface area contributed by atoms with Crippen molar-refractivity contribution in [3.8, 4) is 6.07 Å². The number of benzene rings is 1. The molecule has 0 heterocycles. The lowest BCUT2D eigenvalue weighted by Gasteiger charge is -2.17. The molecule has 0 saturated carbocycles. The van der Waals surface area contributed by atoms with E-state index in [1.165, 1.54) is 6.07 Å². The average molecular weight is 299 g/mol. The Morgan fingerprint density at radius 3 is 2.52 bits per heavy atom. The number of halogens is 3. The molecule has 0 aliphatic rings. The summed E-state index contributed by atoms with van der Waals surface area (Å²) in [5.74, 6) is -0.535. The van der Waals surface area contributed by atoms with Gasteiger partial charge < -0.3 is 11.1 Å². The zero-order valence-corrected chi connectivity index (χ0v) is 11.7. The maximum atomic E-state index is 12.9. The fourth-order valence-corrected chi connectivity index (χ4v) is 1.80. The summed E-state index contributed by atoms with van der Waals surface area (Å²) < 4.78 is 38.8. The Hall–Kier alpha value is -2.07. The van der Waals surface area contributed by atoms with Gasteiger partial charge >= 0.3 is 6.18 Å². The maximum Gasteiger partial charge on any atom is 0.418 e. The Bertz CT molecular complexity index is 562. The first-order chi connectivity index (χ1) is 9.65. The number of amides is 1. The first-order valence-electron chi connectivity index (χ1n) is 6.33. The molecule has 0 aliphatic carbocycles. The van der Waals surface area contributed by atoms with Crippen LogP contribution in [0.5, 0.6) is 0 Å². The van der Waals surface area contributed by atoms with Crippen LogP contribution < -0.4 is 11.1 Å². The fourth-order valence-electron chi connectivity index (χ4n) is 1.80. The second kappa shape index (κ2) is 6.59. The second-order valence-electron chi connectivity index (χ2n) is 5.10. The molecule has 0 aromatic heterocycles. The minimum Gasteiger partial charge on any atom is -0.324 e. The van der Waals surface area contributed by atoms with Crippen molar-refractivity contribution in [2.45, 2.75) is 32.5 Å². The van der Waals surface area contributed by atoms with Gasteiger partial charge in [-0.15, -0.1) is 0 Å². The molecular formula is C14H16F3N3O. The van der Waals surface area contributed by atoms with Crippen LogP contribution in [-0.2, 0) is 11.0 Å². The van der Waals surface area contributed by atoms with Gasteiger partial charge in [-0.25, -0.2) is 0 Å². The van der Waals surface area contributed by atoms with Crippen molar-refractivity contribution in [1.82, 2.24) is 0 Å². The molecule has 0 spiro atoms. The number of nitrogens with one attached hydrogen (secondary N) is 1. The first-order valence-corrected chi connectivity index (χ1v) is 6.33. The van der Waals surface area contributed by atoms with Crippen molar-refractivity contribution in [1.29, 1.82) is 5.26 Å². The van der Waals surface area contributed by atoms with E-state index >= 15 is 0 Å². The summed E-state index contributed by atoms with van der Waals surface area (Å²) in [7, 11) is 0. The topological polar surface area (TPSA) is 78.9 Å². The third kappa shape index (κ3) is 4.76. The summed E-state index contributed by atoms with van der Waals surface area (Å²) in [5.41, 5.74) is 4.04. The number of carbonyl (C=O) groups is 1.